The van der Waals surface area contributed by atoms with E-state index in [2.05, 4.69) is 18.2 Å². The quantitative estimate of drug-likeness (QED) is 0.897. The maximum absolute atomic E-state index is 6.02. The molecule has 0 aromatic heterocycles. The topological polar surface area (TPSA) is 35.2 Å². The van der Waals surface area contributed by atoms with Crippen molar-refractivity contribution in [2.45, 2.75) is 32.2 Å². The zero-order chi connectivity index (χ0) is 13.2. The molecule has 98 valence electrons. The SMILES string of the molecule is C[C@@H](N)c1ccccc1Oc1ccc2c(c1)CCC2. The highest BCUT2D eigenvalue weighted by Crippen LogP contribution is 2.31. The Kier molecular flexibility index (Phi) is 3.26. The number of para-hydroxylation sites is 1. The number of aryl methyl sites for hydroxylation is 2. The van der Waals surface area contributed by atoms with E-state index in [9.17, 15) is 0 Å². The van der Waals surface area contributed by atoms with E-state index in [1.54, 1.807) is 0 Å². The maximum Gasteiger partial charge on any atom is 0.132 e. The van der Waals surface area contributed by atoms with Crippen LogP contribution in [0.1, 0.15) is 36.1 Å². The molecule has 0 spiro atoms. The maximum atomic E-state index is 6.02. The molecule has 1 aliphatic carbocycles. The predicted octanol–water partition coefficient (Wildman–Crippen LogP) is 3.99. The molecular formula is C17H19NO. The summed E-state index contributed by atoms with van der Waals surface area (Å²) in [6.07, 6.45) is 3.63. The van der Waals surface area contributed by atoms with E-state index in [0.29, 0.717) is 0 Å². The molecule has 0 aliphatic heterocycles. The molecule has 2 N–H and O–H groups in total. The molecule has 0 fully saturated rings. The summed E-state index contributed by atoms with van der Waals surface area (Å²) >= 11 is 0. The number of nitrogens with two attached hydrogens (primary N) is 1. The fourth-order valence-corrected chi connectivity index (χ4v) is 2.69. The lowest BCUT2D eigenvalue weighted by Crippen LogP contribution is -2.06. The van der Waals surface area contributed by atoms with Gasteiger partial charge in [-0.05, 0) is 55.5 Å². The lowest BCUT2D eigenvalue weighted by molar-refractivity contribution is 0.471. The van der Waals surface area contributed by atoms with Crippen molar-refractivity contribution in [1.29, 1.82) is 0 Å². The molecule has 2 aromatic rings. The lowest BCUT2D eigenvalue weighted by Gasteiger charge is -2.14. The molecule has 0 radical (unpaired) electrons. The minimum absolute atomic E-state index is 0.0226. The standard InChI is InChI=1S/C17H19NO/c1-12(18)16-7-2-3-8-17(16)19-15-10-9-13-5-4-6-14(13)11-15/h2-3,7-12H,4-6,18H2,1H3/t12-/m1/s1. The Hall–Kier alpha value is -1.80. The van der Waals surface area contributed by atoms with Gasteiger partial charge in [-0.1, -0.05) is 24.3 Å². The van der Waals surface area contributed by atoms with Crippen molar-refractivity contribution < 1.29 is 4.74 Å². The van der Waals surface area contributed by atoms with Gasteiger partial charge in [-0.25, -0.2) is 0 Å². The van der Waals surface area contributed by atoms with Crippen LogP contribution in [-0.4, -0.2) is 0 Å². The number of benzene rings is 2. The predicted molar refractivity (Wildman–Crippen MR) is 77.6 cm³/mol. The summed E-state index contributed by atoms with van der Waals surface area (Å²) in [6, 6.07) is 14.4. The zero-order valence-corrected chi connectivity index (χ0v) is 11.2. The summed E-state index contributed by atoms with van der Waals surface area (Å²) in [5, 5.41) is 0. The van der Waals surface area contributed by atoms with Crippen LogP contribution in [0.4, 0.5) is 0 Å². The molecule has 0 saturated carbocycles. The lowest BCUT2D eigenvalue weighted by atomic mass is 10.1. The van der Waals surface area contributed by atoms with E-state index in [0.717, 1.165) is 17.1 Å². The molecule has 2 nitrogen and oxygen atoms in total. The van der Waals surface area contributed by atoms with E-state index >= 15 is 0 Å². The summed E-state index contributed by atoms with van der Waals surface area (Å²) in [4.78, 5) is 0. The Morgan fingerprint density at radius 1 is 1.05 bits per heavy atom. The van der Waals surface area contributed by atoms with Crippen LogP contribution in [0.2, 0.25) is 0 Å². The Bertz CT molecular complexity index is 590. The second kappa shape index (κ2) is 5.06. The van der Waals surface area contributed by atoms with Gasteiger partial charge in [0.25, 0.3) is 0 Å². The van der Waals surface area contributed by atoms with Crippen LogP contribution in [0, 0.1) is 0 Å². The number of hydrogen-bond acceptors (Lipinski definition) is 2. The highest BCUT2D eigenvalue weighted by atomic mass is 16.5. The number of rotatable bonds is 3. The van der Waals surface area contributed by atoms with E-state index in [4.69, 9.17) is 10.5 Å². The van der Waals surface area contributed by atoms with Crippen LogP contribution in [0.25, 0.3) is 0 Å². The van der Waals surface area contributed by atoms with Crippen molar-refractivity contribution in [3.63, 3.8) is 0 Å². The largest absolute Gasteiger partial charge is 0.457 e. The molecule has 1 atom stereocenters. The number of fused-ring (bicyclic) bond motifs is 1. The third-order valence-corrected chi connectivity index (χ3v) is 3.71. The van der Waals surface area contributed by atoms with Crippen LogP contribution in [-0.2, 0) is 12.8 Å². The van der Waals surface area contributed by atoms with Crippen molar-refractivity contribution in [2.75, 3.05) is 0 Å². The van der Waals surface area contributed by atoms with Gasteiger partial charge in [-0.3, -0.25) is 0 Å². The van der Waals surface area contributed by atoms with Gasteiger partial charge >= 0.3 is 0 Å². The van der Waals surface area contributed by atoms with E-state index in [1.165, 1.54) is 30.4 Å². The van der Waals surface area contributed by atoms with Crippen molar-refractivity contribution in [3.05, 3.63) is 59.2 Å². The van der Waals surface area contributed by atoms with E-state index in [1.807, 2.05) is 31.2 Å². The molecule has 0 unspecified atom stereocenters. The summed E-state index contributed by atoms with van der Waals surface area (Å²) in [5.41, 5.74) is 9.92. The molecule has 0 amide bonds. The second-order valence-corrected chi connectivity index (χ2v) is 5.21. The molecule has 0 heterocycles. The molecule has 19 heavy (non-hydrogen) atoms. The molecule has 0 bridgehead atoms. The van der Waals surface area contributed by atoms with Gasteiger partial charge in [0.1, 0.15) is 11.5 Å². The van der Waals surface area contributed by atoms with Crippen LogP contribution in [0.15, 0.2) is 42.5 Å². The van der Waals surface area contributed by atoms with Crippen LogP contribution in [0.3, 0.4) is 0 Å². The first-order valence-electron chi connectivity index (χ1n) is 6.88. The average molecular weight is 253 g/mol. The average Bonchev–Trinajstić information content (AvgIpc) is 2.86. The molecule has 3 rings (SSSR count). The molecule has 1 aliphatic rings. The first-order valence-corrected chi connectivity index (χ1v) is 6.88. The van der Waals surface area contributed by atoms with Crippen molar-refractivity contribution in [1.82, 2.24) is 0 Å². The molecule has 0 saturated heterocycles. The Labute approximate surface area is 114 Å². The van der Waals surface area contributed by atoms with Crippen LogP contribution >= 0.6 is 0 Å². The van der Waals surface area contributed by atoms with Gasteiger partial charge in [0, 0.05) is 11.6 Å². The van der Waals surface area contributed by atoms with Gasteiger partial charge in [-0.15, -0.1) is 0 Å². The third kappa shape index (κ3) is 2.49. The highest BCUT2D eigenvalue weighted by Gasteiger charge is 2.13. The summed E-state index contributed by atoms with van der Waals surface area (Å²) in [7, 11) is 0. The minimum Gasteiger partial charge on any atom is -0.457 e. The van der Waals surface area contributed by atoms with E-state index < -0.39 is 0 Å². The Morgan fingerprint density at radius 3 is 2.68 bits per heavy atom. The highest BCUT2D eigenvalue weighted by molar-refractivity contribution is 5.43. The van der Waals surface area contributed by atoms with Crippen molar-refractivity contribution in [3.8, 4) is 11.5 Å². The summed E-state index contributed by atoms with van der Waals surface area (Å²) in [6.45, 7) is 1.98. The van der Waals surface area contributed by atoms with Crippen molar-refractivity contribution in [2.24, 2.45) is 5.73 Å². The fourth-order valence-electron chi connectivity index (χ4n) is 2.69. The first kappa shape index (κ1) is 12.2. The second-order valence-electron chi connectivity index (χ2n) is 5.21. The first-order chi connectivity index (χ1) is 9.24. The monoisotopic (exact) mass is 253 g/mol. The van der Waals surface area contributed by atoms with Gasteiger partial charge < -0.3 is 10.5 Å². The minimum atomic E-state index is -0.0226. The summed E-state index contributed by atoms with van der Waals surface area (Å²) in [5.74, 6) is 1.77. The van der Waals surface area contributed by atoms with Gasteiger partial charge in [0.05, 0.1) is 0 Å². The smallest absolute Gasteiger partial charge is 0.132 e. The normalized spacial score (nSPS) is 15.1. The van der Waals surface area contributed by atoms with Crippen LogP contribution < -0.4 is 10.5 Å². The van der Waals surface area contributed by atoms with Crippen LogP contribution in [0.5, 0.6) is 11.5 Å². The van der Waals surface area contributed by atoms with Gasteiger partial charge in [0.15, 0.2) is 0 Å². The third-order valence-electron chi connectivity index (χ3n) is 3.71. The number of hydrogen-bond donors (Lipinski definition) is 1. The molecular weight excluding hydrogens is 234 g/mol. The Morgan fingerprint density at radius 2 is 1.84 bits per heavy atom. The Balaban J connectivity index is 1.89. The zero-order valence-electron chi connectivity index (χ0n) is 11.2. The van der Waals surface area contributed by atoms with E-state index in [-0.39, 0.29) is 6.04 Å². The molecule has 2 heteroatoms. The van der Waals surface area contributed by atoms with Gasteiger partial charge in [-0.2, -0.15) is 0 Å². The van der Waals surface area contributed by atoms with Gasteiger partial charge in [0.2, 0.25) is 0 Å². The summed E-state index contributed by atoms with van der Waals surface area (Å²) < 4.78 is 6.02. The molecule has 2 aromatic carbocycles. The fraction of sp³-hybridized carbons (Fsp3) is 0.294. The number of ether oxygens (including phenoxy) is 1. The van der Waals surface area contributed by atoms with Crippen molar-refractivity contribution >= 4 is 0 Å².